The van der Waals surface area contributed by atoms with Gasteiger partial charge >= 0.3 is 0 Å². The van der Waals surface area contributed by atoms with Crippen LogP contribution in [0.3, 0.4) is 0 Å². The highest BCUT2D eigenvalue weighted by molar-refractivity contribution is 5.93. The molecule has 0 aliphatic rings. The van der Waals surface area contributed by atoms with Crippen LogP contribution < -0.4 is 0 Å². The highest BCUT2D eigenvalue weighted by atomic mass is 19.1. The molecular formula is C18H30FNO. The average molecular weight is 295 g/mol. The second kappa shape index (κ2) is 9.54. The molecule has 1 aromatic carbocycles. The van der Waals surface area contributed by atoms with Gasteiger partial charge in [-0.25, -0.2) is 4.39 Å². The smallest absolute Gasteiger partial charge is 0.253 e. The van der Waals surface area contributed by atoms with Gasteiger partial charge in [0.25, 0.3) is 5.91 Å². The molecule has 0 spiro atoms. The van der Waals surface area contributed by atoms with Crippen LogP contribution in [0.1, 0.15) is 69.3 Å². The van der Waals surface area contributed by atoms with Crippen LogP contribution in [0.15, 0.2) is 24.3 Å². The number of hydrogen-bond donors (Lipinski definition) is 0. The molecule has 0 fully saturated rings. The number of rotatable bonds is 6. The summed E-state index contributed by atoms with van der Waals surface area (Å²) in [4.78, 5) is 13.3. The van der Waals surface area contributed by atoms with Crippen molar-refractivity contribution in [3.05, 3.63) is 35.4 Å². The third-order valence-electron chi connectivity index (χ3n) is 3.35. The van der Waals surface area contributed by atoms with E-state index < -0.39 is 5.67 Å². The molecule has 0 saturated heterocycles. The predicted molar refractivity (Wildman–Crippen MR) is 88.4 cm³/mol. The monoisotopic (exact) mass is 295 g/mol. The van der Waals surface area contributed by atoms with Crippen molar-refractivity contribution in [1.82, 2.24) is 4.90 Å². The van der Waals surface area contributed by atoms with Crippen LogP contribution >= 0.6 is 0 Å². The van der Waals surface area contributed by atoms with E-state index in [1.54, 1.807) is 38.4 Å². The number of alkyl halides is 1. The molecule has 1 aromatic rings. The molecule has 120 valence electrons. The Labute approximate surface area is 129 Å². The van der Waals surface area contributed by atoms with Crippen molar-refractivity contribution in [3.8, 4) is 0 Å². The van der Waals surface area contributed by atoms with Crippen molar-refractivity contribution in [2.24, 2.45) is 0 Å². The Bertz CT molecular complexity index is 406. The van der Waals surface area contributed by atoms with Crippen LogP contribution in [0, 0.1) is 0 Å². The number of nitrogens with zero attached hydrogens (tertiary/aromatic N) is 1. The van der Waals surface area contributed by atoms with Crippen molar-refractivity contribution in [2.75, 3.05) is 14.1 Å². The molecule has 0 heterocycles. The zero-order valence-corrected chi connectivity index (χ0v) is 14.4. The van der Waals surface area contributed by atoms with Crippen molar-refractivity contribution in [1.29, 1.82) is 0 Å². The minimum Gasteiger partial charge on any atom is -0.345 e. The molecule has 21 heavy (non-hydrogen) atoms. The van der Waals surface area contributed by atoms with E-state index >= 15 is 0 Å². The minimum absolute atomic E-state index is 0.0537. The van der Waals surface area contributed by atoms with Crippen LogP contribution in [0.5, 0.6) is 0 Å². The first-order chi connectivity index (χ1) is 9.94. The van der Waals surface area contributed by atoms with E-state index in [0.29, 0.717) is 24.0 Å². The Morgan fingerprint density at radius 3 is 1.81 bits per heavy atom. The Morgan fingerprint density at radius 1 is 1.05 bits per heavy atom. The highest BCUT2D eigenvalue weighted by Crippen LogP contribution is 2.36. The largest absolute Gasteiger partial charge is 0.345 e. The third kappa shape index (κ3) is 5.49. The summed E-state index contributed by atoms with van der Waals surface area (Å²) in [6.45, 7) is 7.99. The Balaban J connectivity index is 0.00000191. The zero-order valence-electron chi connectivity index (χ0n) is 14.4. The van der Waals surface area contributed by atoms with Crippen LogP contribution in [0.25, 0.3) is 0 Å². The van der Waals surface area contributed by atoms with Gasteiger partial charge in [0.05, 0.1) is 0 Å². The summed E-state index contributed by atoms with van der Waals surface area (Å²) >= 11 is 0. The molecule has 0 N–H and O–H groups in total. The SMILES string of the molecule is CC.CCCC(F)(CCC)c1ccc(C(=O)N(C)C)cc1. The summed E-state index contributed by atoms with van der Waals surface area (Å²) in [7, 11) is 3.42. The lowest BCUT2D eigenvalue weighted by atomic mass is 9.86. The van der Waals surface area contributed by atoms with E-state index in [9.17, 15) is 9.18 Å². The lowest BCUT2D eigenvalue weighted by Gasteiger charge is -2.25. The van der Waals surface area contributed by atoms with Gasteiger partial charge in [0.2, 0.25) is 0 Å². The Kier molecular flexibility index (Phi) is 8.91. The molecule has 0 aliphatic carbocycles. The summed E-state index contributed by atoms with van der Waals surface area (Å²) < 4.78 is 14.9. The van der Waals surface area contributed by atoms with Gasteiger partial charge in [-0.3, -0.25) is 4.79 Å². The molecule has 1 amide bonds. The Hall–Kier alpha value is -1.38. The lowest BCUT2D eigenvalue weighted by molar-refractivity contribution is 0.0827. The van der Waals surface area contributed by atoms with E-state index in [1.807, 2.05) is 27.7 Å². The van der Waals surface area contributed by atoms with Crippen LogP contribution in [-0.4, -0.2) is 24.9 Å². The van der Waals surface area contributed by atoms with Gasteiger partial charge in [-0.05, 0) is 30.5 Å². The van der Waals surface area contributed by atoms with Gasteiger partial charge in [0.1, 0.15) is 5.67 Å². The molecule has 2 nitrogen and oxygen atoms in total. The quantitative estimate of drug-likeness (QED) is 0.708. The fourth-order valence-electron chi connectivity index (χ4n) is 2.38. The fraction of sp³-hybridized carbons (Fsp3) is 0.611. The molecule has 0 atom stereocenters. The summed E-state index contributed by atoms with van der Waals surface area (Å²) in [5.74, 6) is -0.0537. The van der Waals surface area contributed by atoms with Gasteiger partial charge in [-0.15, -0.1) is 0 Å². The molecule has 0 aromatic heterocycles. The highest BCUT2D eigenvalue weighted by Gasteiger charge is 2.29. The lowest BCUT2D eigenvalue weighted by Crippen LogP contribution is -2.23. The van der Waals surface area contributed by atoms with Crippen molar-refractivity contribution in [2.45, 2.75) is 59.0 Å². The number of hydrogen-bond acceptors (Lipinski definition) is 1. The van der Waals surface area contributed by atoms with E-state index in [4.69, 9.17) is 0 Å². The number of carbonyl (C=O) groups is 1. The second-order valence-corrected chi connectivity index (χ2v) is 5.24. The van der Waals surface area contributed by atoms with Gasteiger partial charge < -0.3 is 4.90 Å². The first kappa shape index (κ1) is 19.6. The summed E-state index contributed by atoms with van der Waals surface area (Å²) in [5, 5.41) is 0. The minimum atomic E-state index is -1.26. The maximum absolute atomic E-state index is 14.9. The zero-order chi connectivity index (χ0) is 16.5. The van der Waals surface area contributed by atoms with Gasteiger partial charge in [-0.1, -0.05) is 52.7 Å². The number of halogens is 1. The molecular weight excluding hydrogens is 265 g/mol. The van der Waals surface area contributed by atoms with E-state index in [2.05, 4.69) is 0 Å². The van der Waals surface area contributed by atoms with Crippen molar-refractivity contribution >= 4 is 5.91 Å². The van der Waals surface area contributed by atoms with Gasteiger partial charge in [0.15, 0.2) is 0 Å². The standard InChI is InChI=1S/C16H24FNO.C2H6/c1-5-11-16(17,12-6-2)14-9-7-13(8-10-14)15(19)18(3)4;1-2/h7-10H,5-6,11-12H2,1-4H3;1-2H3. The Morgan fingerprint density at radius 2 is 1.48 bits per heavy atom. The van der Waals surface area contributed by atoms with Crippen LogP contribution in [0.4, 0.5) is 4.39 Å². The maximum atomic E-state index is 14.9. The average Bonchev–Trinajstić information content (AvgIpc) is 2.49. The second-order valence-electron chi connectivity index (χ2n) is 5.24. The third-order valence-corrected chi connectivity index (χ3v) is 3.35. The molecule has 0 bridgehead atoms. The van der Waals surface area contributed by atoms with Gasteiger partial charge in [0, 0.05) is 19.7 Å². The van der Waals surface area contributed by atoms with Crippen LogP contribution in [0.2, 0.25) is 0 Å². The number of amides is 1. The maximum Gasteiger partial charge on any atom is 0.253 e. The number of benzene rings is 1. The topological polar surface area (TPSA) is 20.3 Å². The van der Waals surface area contributed by atoms with Crippen molar-refractivity contribution < 1.29 is 9.18 Å². The molecule has 0 radical (unpaired) electrons. The first-order valence-electron chi connectivity index (χ1n) is 7.95. The molecule has 3 heteroatoms. The van der Waals surface area contributed by atoms with Gasteiger partial charge in [-0.2, -0.15) is 0 Å². The first-order valence-corrected chi connectivity index (χ1v) is 7.95. The van der Waals surface area contributed by atoms with Crippen molar-refractivity contribution in [3.63, 3.8) is 0 Å². The fourth-order valence-corrected chi connectivity index (χ4v) is 2.38. The normalized spacial score (nSPS) is 10.6. The van der Waals surface area contributed by atoms with E-state index in [0.717, 1.165) is 12.8 Å². The van der Waals surface area contributed by atoms with E-state index in [1.165, 1.54) is 4.90 Å². The predicted octanol–water partition coefficient (Wildman–Crippen LogP) is 5.18. The summed E-state index contributed by atoms with van der Waals surface area (Å²) in [5.41, 5.74) is 0.0269. The summed E-state index contributed by atoms with van der Waals surface area (Å²) in [6, 6.07) is 6.94. The molecule has 1 rings (SSSR count). The van der Waals surface area contributed by atoms with E-state index in [-0.39, 0.29) is 5.91 Å². The molecule has 0 saturated carbocycles. The molecule has 0 unspecified atom stereocenters. The van der Waals surface area contributed by atoms with Crippen LogP contribution in [-0.2, 0) is 5.67 Å². The molecule has 0 aliphatic heterocycles. The summed E-state index contributed by atoms with van der Waals surface area (Å²) in [6.07, 6.45) is 2.69. The number of carbonyl (C=O) groups excluding carboxylic acids is 1.